The van der Waals surface area contributed by atoms with Crippen molar-refractivity contribution in [2.24, 2.45) is 0 Å². The van der Waals surface area contributed by atoms with E-state index in [1.807, 2.05) is 30.3 Å². The Morgan fingerprint density at radius 1 is 1.43 bits per heavy atom. The van der Waals surface area contributed by atoms with E-state index < -0.39 is 0 Å². The van der Waals surface area contributed by atoms with Crippen molar-refractivity contribution < 1.29 is 9.53 Å². The minimum Gasteiger partial charge on any atom is -0.464 e. The molecule has 1 aromatic carbocycles. The lowest BCUT2D eigenvalue weighted by molar-refractivity contribution is -0.143. The Morgan fingerprint density at radius 3 is 2.64 bits per heavy atom. The molecular weight excluding hydrogens is 178 g/mol. The first-order valence-electron chi connectivity index (χ1n) is 4.72. The molecule has 0 aliphatic carbocycles. The second-order valence-corrected chi connectivity index (χ2v) is 2.98. The quantitative estimate of drug-likeness (QED) is 0.744. The summed E-state index contributed by atoms with van der Waals surface area (Å²) in [5.41, 5.74) is 0.924. The summed E-state index contributed by atoms with van der Waals surface area (Å²) >= 11 is 0. The molecule has 0 aromatic heterocycles. The van der Waals surface area contributed by atoms with Crippen LogP contribution >= 0.6 is 0 Å². The fourth-order valence-corrected chi connectivity index (χ4v) is 1.11. The summed E-state index contributed by atoms with van der Waals surface area (Å²) in [4.78, 5) is 11.3. The first kappa shape index (κ1) is 10.6. The highest BCUT2D eigenvalue weighted by molar-refractivity contribution is 5.78. The Kier molecular flexibility index (Phi) is 3.98. The number of ether oxygens (including phenoxy) is 1. The molecule has 0 amide bonds. The average Bonchev–Trinajstić information content (AvgIpc) is 2.19. The normalized spacial score (nSPS) is 11.9. The molecule has 14 heavy (non-hydrogen) atoms. The Labute approximate surface area is 84.1 Å². The molecule has 3 nitrogen and oxygen atoms in total. The summed E-state index contributed by atoms with van der Waals surface area (Å²) in [7, 11) is 0. The van der Waals surface area contributed by atoms with E-state index in [-0.39, 0.29) is 12.0 Å². The van der Waals surface area contributed by atoms with Crippen LogP contribution in [0.5, 0.6) is 0 Å². The average molecular weight is 193 g/mol. The second kappa shape index (κ2) is 5.27. The van der Waals surface area contributed by atoms with Gasteiger partial charge in [0.1, 0.15) is 6.04 Å². The summed E-state index contributed by atoms with van der Waals surface area (Å²) in [6.45, 7) is 4.00. The second-order valence-electron chi connectivity index (χ2n) is 2.98. The molecular formula is C11H15NO2. The van der Waals surface area contributed by atoms with Crippen LogP contribution < -0.4 is 5.32 Å². The molecule has 1 aromatic rings. The molecule has 1 rings (SSSR count). The third-order valence-electron chi connectivity index (χ3n) is 1.80. The number of benzene rings is 1. The number of anilines is 1. The van der Waals surface area contributed by atoms with Crippen molar-refractivity contribution in [1.82, 2.24) is 0 Å². The molecule has 0 fully saturated rings. The van der Waals surface area contributed by atoms with E-state index >= 15 is 0 Å². The largest absolute Gasteiger partial charge is 0.464 e. The minimum absolute atomic E-state index is 0.226. The molecule has 0 aliphatic rings. The van der Waals surface area contributed by atoms with Crippen LogP contribution in [-0.4, -0.2) is 18.6 Å². The topological polar surface area (TPSA) is 38.3 Å². The summed E-state index contributed by atoms with van der Waals surface area (Å²) in [5.74, 6) is -0.226. The lowest BCUT2D eigenvalue weighted by Gasteiger charge is -2.13. The third kappa shape index (κ3) is 3.09. The molecule has 0 spiro atoms. The Morgan fingerprint density at radius 2 is 2.07 bits per heavy atom. The lowest BCUT2D eigenvalue weighted by atomic mass is 10.2. The van der Waals surface area contributed by atoms with Gasteiger partial charge < -0.3 is 10.1 Å². The maximum absolute atomic E-state index is 11.3. The number of carbonyl (C=O) groups excluding carboxylic acids is 1. The highest BCUT2D eigenvalue weighted by Gasteiger charge is 2.12. The zero-order valence-electron chi connectivity index (χ0n) is 8.49. The van der Waals surface area contributed by atoms with Crippen LogP contribution in [0.1, 0.15) is 13.8 Å². The maximum atomic E-state index is 11.3. The number of carbonyl (C=O) groups is 1. The van der Waals surface area contributed by atoms with Gasteiger partial charge in [-0.15, -0.1) is 0 Å². The van der Waals surface area contributed by atoms with Gasteiger partial charge in [0.25, 0.3) is 0 Å². The predicted octanol–water partition coefficient (Wildman–Crippen LogP) is 2.05. The number of para-hydroxylation sites is 1. The van der Waals surface area contributed by atoms with Crippen LogP contribution in [0.4, 0.5) is 5.69 Å². The highest BCUT2D eigenvalue weighted by atomic mass is 16.5. The number of hydrogen-bond acceptors (Lipinski definition) is 3. The first-order valence-corrected chi connectivity index (χ1v) is 4.72. The first-order chi connectivity index (χ1) is 6.74. The third-order valence-corrected chi connectivity index (χ3v) is 1.80. The fraction of sp³-hybridized carbons (Fsp3) is 0.364. The van der Waals surface area contributed by atoms with Gasteiger partial charge in [0, 0.05) is 5.69 Å². The number of hydrogen-bond donors (Lipinski definition) is 1. The van der Waals surface area contributed by atoms with Crippen LogP contribution in [0.2, 0.25) is 0 Å². The van der Waals surface area contributed by atoms with E-state index in [1.54, 1.807) is 13.8 Å². The molecule has 0 radical (unpaired) electrons. The van der Waals surface area contributed by atoms with Gasteiger partial charge in [-0.2, -0.15) is 0 Å². The smallest absolute Gasteiger partial charge is 0.328 e. The van der Waals surface area contributed by atoms with Crippen LogP contribution in [0.15, 0.2) is 30.3 Å². The SMILES string of the molecule is CCOC(=O)C(C)Nc1ccccc1. The van der Waals surface area contributed by atoms with E-state index in [2.05, 4.69) is 5.32 Å². The highest BCUT2D eigenvalue weighted by Crippen LogP contribution is 2.07. The number of rotatable bonds is 4. The summed E-state index contributed by atoms with van der Waals surface area (Å²) in [6.07, 6.45) is 0. The lowest BCUT2D eigenvalue weighted by Crippen LogP contribution is -2.28. The summed E-state index contributed by atoms with van der Waals surface area (Å²) in [6, 6.07) is 9.28. The number of nitrogens with one attached hydrogen (secondary N) is 1. The van der Waals surface area contributed by atoms with Gasteiger partial charge in [-0.05, 0) is 26.0 Å². The molecule has 0 bridgehead atoms. The van der Waals surface area contributed by atoms with Crippen molar-refractivity contribution >= 4 is 11.7 Å². The standard InChI is InChI=1S/C11H15NO2/c1-3-14-11(13)9(2)12-10-7-5-4-6-8-10/h4-9,12H,3H2,1-2H3. The van der Waals surface area contributed by atoms with Gasteiger partial charge >= 0.3 is 5.97 Å². The van der Waals surface area contributed by atoms with Gasteiger partial charge in [-0.1, -0.05) is 18.2 Å². The van der Waals surface area contributed by atoms with Crippen LogP contribution in [-0.2, 0) is 9.53 Å². The van der Waals surface area contributed by atoms with Gasteiger partial charge in [0.2, 0.25) is 0 Å². The molecule has 1 N–H and O–H groups in total. The van der Waals surface area contributed by atoms with Crippen molar-refractivity contribution in [2.75, 3.05) is 11.9 Å². The summed E-state index contributed by atoms with van der Waals surface area (Å²) in [5, 5.41) is 3.05. The summed E-state index contributed by atoms with van der Waals surface area (Å²) < 4.78 is 4.87. The van der Waals surface area contributed by atoms with Crippen molar-refractivity contribution in [3.05, 3.63) is 30.3 Å². The minimum atomic E-state index is -0.308. The predicted molar refractivity (Wildman–Crippen MR) is 56.2 cm³/mol. The Bertz CT molecular complexity index is 285. The van der Waals surface area contributed by atoms with Crippen molar-refractivity contribution in [3.8, 4) is 0 Å². The van der Waals surface area contributed by atoms with E-state index in [0.717, 1.165) is 5.69 Å². The van der Waals surface area contributed by atoms with Crippen LogP contribution in [0, 0.1) is 0 Å². The number of esters is 1. The van der Waals surface area contributed by atoms with E-state index in [0.29, 0.717) is 6.61 Å². The molecule has 1 unspecified atom stereocenters. The van der Waals surface area contributed by atoms with E-state index in [1.165, 1.54) is 0 Å². The van der Waals surface area contributed by atoms with Crippen LogP contribution in [0.3, 0.4) is 0 Å². The van der Waals surface area contributed by atoms with Crippen molar-refractivity contribution in [2.45, 2.75) is 19.9 Å². The van der Waals surface area contributed by atoms with E-state index in [9.17, 15) is 4.79 Å². The zero-order valence-corrected chi connectivity index (χ0v) is 8.49. The molecule has 76 valence electrons. The zero-order chi connectivity index (χ0) is 10.4. The van der Waals surface area contributed by atoms with Gasteiger partial charge in [-0.3, -0.25) is 0 Å². The van der Waals surface area contributed by atoms with Crippen molar-refractivity contribution in [1.29, 1.82) is 0 Å². The molecule has 0 saturated heterocycles. The van der Waals surface area contributed by atoms with Gasteiger partial charge in [0.05, 0.1) is 6.61 Å². The van der Waals surface area contributed by atoms with Crippen molar-refractivity contribution in [3.63, 3.8) is 0 Å². The van der Waals surface area contributed by atoms with Crippen LogP contribution in [0.25, 0.3) is 0 Å². The molecule has 3 heteroatoms. The van der Waals surface area contributed by atoms with E-state index in [4.69, 9.17) is 4.74 Å². The maximum Gasteiger partial charge on any atom is 0.328 e. The molecule has 1 atom stereocenters. The van der Waals surface area contributed by atoms with Gasteiger partial charge in [0.15, 0.2) is 0 Å². The van der Waals surface area contributed by atoms with Gasteiger partial charge in [-0.25, -0.2) is 4.79 Å². The Hall–Kier alpha value is -1.51. The monoisotopic (exact) mass is 193 g/mol. The molecule has 0 heterocycles. The Balaban J connectivity index is 2.49. The fourth-order valence-electron chi connectivity index (χ4n) is 1.11. The molecule has 0 aliphatic heterocycles. The molecule has 0 saturated carbocycles.